The summed E-state index contributed by atoms with van der Waals surface area (Å²) < 4.78 is 18.1. The van der Waals surface area contributed by atoms with E-state index in [2.05, 4.69) is 10.6 Å². The van der Waals surface area contributed by atoms with Crippen LogP contribution in [0.5, 0.6) is 0 Å². The molecule has 2 aromatic rings. The second-order valence-electron chi connectivity index (χ2n) is 5.90. The van der Waals surface area contributed by atoms with Crippen molar-refractivity contribution in [3.8, 4) is 0 Å². The molecule has 0 radical (unpaired) electrons. The van der Waals surface area contributed by atoms with Crippen LogP contribution in [0.2, 0.25) is 10.0 Å². The van der Waals surface area contributed by atoms with E-state index in [4.69, 9.17) is 27.9 Å². The van der Waals surface area contributed by atoms with E-state index in [0.29, 0.717) is 15.7 Å². The van der Waals surface area contributed by atoms with E-state index in [-0.39, 0.29) is 25.5 Å². The van der Waals surface area contributed by atoms with Crippen LogP contribution < -0.4 is 15.5 Å². The number of cyclic esters (lactones) is 1. The molecule has 0 saturated carbocycles. The normalized spacial score (nSPS) is 16.2. The first-order chi connectivity index (χ1) is 12.9. The summed E-state index contributed by atoms with van der Waals surface area (Å²) in [7, 11) is 0. The van der Waals surface area contributed by atoms with Gasteiger partial charge in [-0.2, -0.15) is 0 Å². The fraction of sp³-hybridized carbons (Fsp3) is 0.222. The first-order valence-corrected chi connectivity index (χ1v) is 8.87. The zero-order valence-electron chi connectivity index (χ0n) is 14.0. The molecule has 6 nitrogen and oxygen atoms in total. The minimum Gasteiger partial charge on any atom is -0.442 e. The van der Waals surface area contributed by atoms with Gasteiger partial charge in [0.1, 0.15) is 11.9 Å². The van der Waals surface area contributed by atoms with Gasteiger partial charge in [0.15, 0.2) is 0 Å². The van der Waals surface area contributed by atoms with Crippen LogP contribution in [0.1, 0.15) is 5.56 Å². The number of carbonyl (C=O) groups excluding carboxylic acids is 2. The molecular weight excluding hydrogens is 396 g/mol. The van der Waals surface area contributed by atoms with Crippen molar-refractivity contribution in [2.24, 2.45) is 0 Å². The summed E-state index contributed by atoms with van der Waals surface area (Å²) in [5.74, 6) is -0.335. The fourth-order valence-corrected chi connectivity index (χ4v) is 2.84. The minimum atomic E-state index is -0.521. The summed E-state index contributed by atoms with van der Waals surface area (Å²) in [5.41, 5.74) is 1.34. The van der Waals surface area contributed by atoms with Gasteiger partial charge in [-0.3, -0.25) is 4.90 Å². The van der Waals surface area contributed by atoms with Crippen LogP contribution in [0.15, 0.2) is 42.5 Å². The third-order valence-electron chi connectivity index (χ3n) is 3.95. The number of hydrogen-bond donors (Lipinski definition) is 2. The van der Waals surface area contributed by atoms with Crippen molar-refractivity contribution in [3.05, 3.63) is 63.9 Å². The van der Waals surface area contributed by atoms with Crippen molar-refractivity contribution in [2.75, 3.05) is 18.0 Å². The largest absolute Gasteiger partial charge is 0.442 e. The molecule has 142 valence electrons. The maximum absolute atomic E-state index is 12.8. The van der Waals surface area contributed by atoms with Gasteiger partial charge in [0.05, 0.1) is 23.1 Å². The van der Waals surface area contributed by atoms with E-state index in [9.17, 15) is 14.0 Å². The lowest BCUT2D eigenvalue weighted by atomic mass is 10.2. The molecule has 1 aliphatic rings. The molecule has 0 unspecified atom stereocenters. The van der Waals surface area contributed by atoms with E-state index < -0.39 is 18.2 Å². The van der Waals surface area contributed by atoms with E-state index in [1.807, 2.05) is 0 Å². The molecule has 1 saturated heterocycles. The molecule has 0 aliphatic carbocycles. The third-order valence-corrected chi connectivity index (χ3v) is 4.68. The molecule has 9 heteroatoms. The molecule has 27 heavy (non-hydrogen) atoms. The van der Waals surface area contributed by atoms with Gasteiger partial charge in [-0.15, -0.1) is 0 Å². The van der Waals surface area contributed by atoms with Crippen molar-refractivity contribution in [3.63, 3.8) is 0 Å². The number of urea groups is 1. The summed E-state index contributed by atoms with van der Waals surface area (Å²) in [5, 5.41) is 6.02. The average molecular weight is 412 g/mol. The molecule has 1 heterocycles. The highest BCUT2D eigenvalue weighted by Gasteiger charge is 2.32. The molecular formula is C18H16Cl2FN3O3. The lowest BCUT2D eigenvalue weighted by molar-refractivity contribution is 0.140. The lowest BCUT2D eigenvalue weighted by Crippen LogP contribution is -2.40. The number of nitrogens with zero attached hydrogens (tertiary/aromatic N) is 1. The standard InChI is InChI=1S/C18H16Cl2FN3O3/c19-15-6-5-13(7-16(15)20)24-10-14(27-18(24)26)9-23-17(25)22-8-11-1-3-12(21)4-2-11/h1-7,14H,8-10H2,(H2,22,23,25)/t14-/m0/s1. The first kappa shape index (κ1) is 19.3. The van der Waals surface area contributed by atoms with Crippen LogP contribution in [-0.4, -0.2) is 31.3 Å². The number of benzene rings is 2. The monoisotopic (exact) mass is 411 g/mol. The van der Waals surface area contributed by atoms with Crippen LogP contribution in [0.4, 0.5) is 19.7 Å². The molecule has 1 fully saturated rings. The molecule has 2 N–H and O–H groups in total. The van der Waals surface area contributed by atoms with Gasteiger partial charge in [-0.1, -0.05) is 35.3 Å². The number of anilines is 1. The molecule has 0 bridgehead atoms. The van der Waals surface area contributed by atoms with Gasteiger partial charge in [0.25, 0.3) is 0 Å². The Hall–Kier alpha value is -2.51. The van der Waals surface area contributed by atoms with Gasteiger partial charge >= 0.3 is 12.1 Å². The Kier molecular flexibility index (Phi) is 6.03. The first-order valence-electron chi connectivity index (χ1n) is 8.12. The van der Waals surface area contributed by atoms with Crippen molar-refractivity contribution < 1.29 is 18.7 Å². The minimum absolute atomic E-state index is 0.152. The summed E-state index contributed by atoms with van der Waals surface area (Å²) in [6.07, 6.45) is -1.02. The van der Waals surface area contributed by atoms with Gasteiger partial charge in [-0.05, 0) is 35.9 Å². The third kappa shape index (κ3) is 5.02. The number of rotatable bonds is 5. The van der Waals surface area contributed by atoms with Crippen LogP contribution in [0, 0.1) is 5.82 Å². The Morgan fingerprint density at radius 2 is 1.89 bits per heavy atom. The van der Waals surface area contributed by atoms with Crippen molar-refractivity contribution >= 4 is 41.0 Å². The Labute approximate surface area is 165 Å². The predicted molar refractivity (Wildman–Crippen MR) is 101 cm³/mol. The van der Waals surface area contributed by atoms with Crippen LogP contribution in [0.25, 0.3) is 0 Å². The summed E-state index contributed by atoms with van der Waals surface area (Å²) >= 11 is 11.9. The van der Waals surface area contributed by atoms with E-state index >= 15 is 0 Å². The SMILES string of the molecule is O=C(NCc1ccc(F)cc1)NC[C@H]1CN(c2ccc(Cl)c(Cl)c2)C(=O)O1. The second-order valence-corrected chi connectivity index (χ2v) is 6.72. The second kappa shape index (κ2) is 8.45. The van der Waals surface area contributed by atoms with E-state index in [1.165, 1.54) is 17.0 Å². The van der Waals surface area contributed by atoms with Gasteiger partial charge in [0, 0.05) is 12.2 Å². The number of nitrogens with one attached hydrogen (secondary N) is 2. The zero-order valence-corrected chi connectivity index (χ0v) is 15.6. The molecule has 0 spiro atoms. The van der Waals surface area contributed by atoms with Crippen molar-refractivity contribution in [1.82, 2.24) is 10.6 Å². The van der Waals surface area contributed by atoms with Gasteiger partial charge < -0.3 is 15.4 Å². The molecule has 0 aromatic heterocycles. The number of ether oxygens (including phenoxy) is 1. The number of hydrogen-bond acceptors (Lipinski definition) is 3. The lowest BCUT2D eigenvalue weighted by Gasteiger charge is -2.14. The maximum atomic E-state index is 12.8. The summed E-state index contributed by atoms with van der Waals surface area (Å²) in [6.45, 7) is 0.680. The van der Waals surface area contributed by atoms with Crippen LogP contribution >= 0.6 is 23.2 Å². The molecule has 3 amide bonds. The fourth-order valence-electron chi connectivity index (χ4n) is 2.55. The Balaban J connectivity index is 1.47. The maximum Gasteiger partial charge on any atom is 0.414 e. The molecule has 2 aromatic carbocycles. The average Bonchev–Trinajstić information content (AvgIpc) is 3.02. The smallest absolute Gasteiger partial charge is 0.414 e. The number of amides is 3. The predicted octanol–water partition coefficient (Wildman–Crippen LogP) is 3.96. The highest BCUT2D eigenvalue weighted by molar-refractivity contribution is 6.42. The van der Waals surface area contributed by atoms with E-state index in [0.717, 1.165) is 5.56 Å². The van der Waals surface area contributed by atoms with Crippen LogP contribution in [-0.2, 0) is 11.3 Å². The topological polar surface area (TPSA) is 70.7 Å². The van der Waals surface area contributed by atoms with Gasteiger partial charge in [0.2, 0.25) is 0 Å². The Morgan fingerprint density at radius 1 is 1.15 bits per heavy atom. The van der Waals surface area contributed by atoms with E-state index in [1.54, 1.807) is 30.3 Å². The summed E-state index contributed by atoms with van der Waals surface area (Å²) in [6, 6.07) is 10.3. The molecule has 1 atom stereocenters. The highest BCUT2D eigenvalue weighted by atomic mass is 35.5. The van der Waals surface area contributed by atoms with Gasteiger partial charge in [-0.25, -0.2) is 14.0 Å². The number of halogens is 3. The molecule has 1 aliphatic heterocycles. The summed E-state index contributed by atoms with van der Waals surface area (Å²) in [4.78, 5) is 25.3. The van der Waals surface area contributed by atoms with Crippen molar-refractivity contribution in [2.45, 2.75) is 12.6 Å². The quantitative estimate of drug-likeness (QED) is 0.781. The van der Waals surface area contributed by atoms with Crippen molar-refractivity contribution in [1.29, 1.82) is 0 Å². The van der Waals surface area contributed by atoms with Crippen LogP contribution in [0.3, 0.4) is 0 Å². The number of carbonyl (C=O) groups is 2. The Bertz CT molecular complexity index is 848. The highest BCUT2D eigenvalue weighted by Crippen LogP contribution is 2.29. The molecule has 3 rings (SSSR count). The zero-order chi connectivity index (χ0) is 19.4. The Morgan fingerprint density at radius 3 is 2.59 bits per heavy atom.